The number of carbonyl (C=O) groups excluding carboxylic acids is 2. The van der Waals surface area contributed by atoms with Gasteiger partial charge in [-0.05, 0) is 17.5 Å². The van der Waals surface area contributed by atoms with Crippen molar-refractivity contribution in [3.05, 3.63) is 35.4 Å². The second kappa shape index (κ2) is 7.87. The van der Waals surface area contributed by atoms with E-state index in [1.54, 1.807) is 0 Å². The third-order valence-electron chi connectivity index (χ3n) is 2.95. The van der Waals surface area contributed by atoms with Crippen LogP contribution in [0.15, 0.2) is 24.3 Å². The molecule has 8 nitrogen and oxygen atoms in total. The fourth-order valence-corrected chi connectivity index (χ4v) is 2.22. The van der Waals surface area contributed by atoms with Crippen LogP contribution in [0.25, 0.3) is 0 Å². The molecule has 0 saturated heterocycles. The summed E-state index contributed by atoms with van der Waals surface area (Å²) in [6, 6.07) is 7.39. The van der Waals surface area contributed by atoms with Gasteiger partial charge in [0.25, 0.3) is 0 Å². The molecule has 22 heavy (non-hydrogen) atoms. The highest BCUT2D eigenvalue weighted by molar-refractivity contribution is 5.69. The minimum Gasteiger partial charge on any atom is -0.465 e. The van der Waals surface area contributed by atoms with Gasteiger partial charge in [-0.3, -0.25) is 4.79 Å². The van der Waals surface area contributed by atoms with Crippen LogP contribution in [0.2, 0.25) is 0 Å². The third kappa shape index (κ3) is 4.97. The first kappa shape index (κ1) is 17.3. The number of ether oxygens (including phenoxy) is 2. The maximum Gasteiger partial charge on any atom is 0.407 e. The number of methoxy groups -OCH3 is 1. The molecule has 0 radical (unpaired) electrons. The van der Waals surface area contributed by atoms with E-state index in [1.807, 2.05) is 24.3 Å². The van der Waals surface area contributed by atoms with Crippen LogP contribution >= 0.6 is 0 Å². The van der Waals surface area contributed by atoms with Crippen LogP contribution in [-0.2, 0) is 20.7 Å². The molecule has 1 aromatic rings. The van der Waals surface area contributed by atoms with Crippen molar-refractivity contribution in [3.63, 3.8) is 0 Å². The zero-order valence-corrected chi connectivity index (χ0v) is 12.2. The molecule has 4 N–H and O–H groups in total. The van der Waals surface area contributed by atoms with Crippen molar-refractivity contribution in [2.24, 2.45) is 5.73 Å². The maximum atomic E-state index is 11.3. The quantitative estimate of drug-likeness (QED) is 0.704. The minimum absolute atomic E-state index is 0.279. The number of hydrogen-bond acceptors (Lipinski definition) is 5. The number of nitrogens with one attached hydrogen (secondary N) is 1. The summed E-state index contributed by atoms with van der Waals surface area (Å²) < 4.78 is 9.86. The molecule has 8 heteroatoms. The number of rotatable bonds is 2. The van der Waals surface area contributed by atoms with Crippen LogP contribution in [0.1, 0.15) is 24.2 Å². The molecule has 2 atom stereocenters. The van der Waals surface area contributed by atoms with E-state index < -0.39 is 18.3 Å². The number of carbonyl (C=O) groups is 3. The van der Waals surface area contributed by atoms with Gasteiger partial charge < -0.3 is 25.6 Å². The Labute approximate surface area is 127 Å². The molecule has 2 amide bonds. The van der Waals surface area contributed by atoms with Crippen molar-refractivity contribution in [2.75, 3.05) is 7.11 Å². The summed E-state index contributed by atoms with van der Waals surface area (Å²) >= 11 is 0. The van der Waals surface area contributed by atoms with E-state index in [4.69, 9.17) is 14.6 Å². The predicted octanol–water partition coefficient (Wildman–Crippen LogP) is 1.19. The van der Waals surface area contributed by atoms with Crippen LogP contribution < -0.4 is 11.1 Å². The molecule has 2 rings (SSSR count). The summed E-state index contributed by atoms with van der Waals surface area (Å²) in [4.78, 5) is 31.2. The Morgan fingerprint density at radius 1 is 1.32 bits per heavy atom. The van der Waals surface area contributed by atoms with Crippen molar-refractivity contribution in [3.8, 4) is 0 Å². The molecule has 0 aromatic heterocycles. The van der Waals surface area contributed by atoms with Gasteiger partial charge in [-0.15, -0.1) is 0 Å². The Morgan fingerprint density at radius 3 is 2.45 bits per heavy atom. The van der Waals surface area contributed by atoms with Gasteiger partial charge in [0.05, 0.1) is 13.2 Å². The molecule has 0 aliphatic heterocycles. The summed E-state index contributed by atoms with van der Waals surface area (Å²) in [5.74, 6) is -0.367. The zero-order valence-electron chi connectivity index (χ0n) is 12.2. The highest BCUT2D eigenvalue weighted by Crippen LogP contribution is 2.34. The van der Waals surface area contributed by atoms with Crippen molar-refractivity contribution in [1.29, 1.82) is 0 Å². The third-order valence-corrected chi connectivity index (χ3v) is 2.95. The van der Waals surface area contributed by atoms with Gasteiger partial charge in [0.2, 0.25) is 0 Å². The Balaban J connectivity index is 0.000000541. The van der Waals surface area contributed by atoms with E-state index in [2.05, 4.69) is 15.8 Å². The fraction of sp³-hybridized carbons (Fsp3) is 0.357. The highest BCUT2D eigenvalue weighted by Gasteiger charge is 2.35. The topological polar surface area (TPSA) is 128 Å². The molecule has 120 valence electrons. The first-order valence-electron chi connectivity index (χ1n) is 6.43. The van der Waals surface area contributed by atoms with Crippen molar-refractivity contribution >= 4 is 18.2 Å². The standard InChI is InChI=1S/C13H15NO4.CH3NO2/c1-8(15)18-12-10-6-4-3-5-9(10)7-11(12)14-13(16)17-2;2-1(3)4/h3-6,11-12H,7H2,1-2H3,(H,14,16);2H2,(H,3,4). The lowest BCUT2D eigenvalue weighted by molar-refractivity contribution is -0.147. The SMILES string of the molecule is COC(=O)NC1Cc2ccccc2C1OC(C)=O.NC(=O)O. The average molecular weight is 310 g/mol. The summed E-state index contributed by atoms with van der Waals surface area (Å²) in [7, 11) is 1.30. The van der Waals surface area contributed by atoms with E-state index in [-0.39, 0.29) is 12.0 Å². The van der Waals surface area contributed by atoms with E-state index in [9.17, 15) is 9.59 Å². The largest absolute Gasteiger partial charge is 0.465 e. The Morgan fingerprint density at radius 2 is 1.91 bits per heavy atom. The van der Waals surface area contributed by atoms with Crippen molar-refractivity contribution in [1.82, 2.24) is 5.32 Å². The Bertz CT molecular complexity index is 556. The molecule has 0 bridgehead atoms. The smallest absolute Gasteiger partial charge is 0.407 e. The molecule has 0 spiro atoms. The summed E-state index contributed by atoms with van der Waals surface area (Å²) in [5, 5.41) is 9.89. The molecule has 1 aliphatic carbocycles. The van der Waals surface area contributed by atoms with Crippen LogP contribution in [0, 0.1) is 0 Å². The first-order chi connectivity index (χ1) is 10.3. The number of carboxylic acid groups (broad SMARTS) is 1. The van der Waals surface area contributed by atoms with E-state index in [0.717, 1.165) is 11.1 Å². The van der Waals surface area contributed by atoms with Gasteiger partial charge in [-0.1, -0.05) is 24.3 Å². The van der Waals surface area contributed by atoms with Gasteiger partial charge in [0, 0.05) is 6.92 Å². The fourth-order valence-electron chi connectivity index (χ4n) is 2.22. The molecule has 0 saturated carbocycles. The normalized spacial score (nSPS) is 18.3. The molecule has 0 heterocycles. The predicted molar refractivity (Wildman–Crippen MR) is 76.2 cm³/mol. The molecule has 1 aromatic carbocycles. The second-order valence-corrected chi connectivity index (χ2v) is 4.51. The van der Waals surface area contributed by atoms with Crippen molar-refractivity contribution in [2.45, 2.75) is 25.5 Å². The first-order valence-corrected chi connectivity index (χ1v) is 6.43. The molecular weight excluding hydrogens is 292 g/mol. The van der Waals surface area contributed by atoms with Crippen LogP contribution in [-0.4, -0.2) is 36.4 Å². The molecule has 0 fully saturated rings. The number of amides is 2. The van der Waals surface area contributed by atoms with Gasteiger partial charge >= 0.3 is 18.2 Å². The number of fused-ring (bicyclic) bond motifs is 1. The minimum atomic E-state index is -1.33. The molecular formula is C14H18N2O6. The lowest BCUT2D eigenvalue weighted by atomic mass is 10.1. The number of esters is 1. The van der Waals surface area contributed by atoms with Gasteiger partial charge in [0.15, 0.2) is 0 Å². The number of hydrogen-bond donors (Lipinski definition) is 3. The number of alkyl carbamates (subject to hydrolysis) is 1. The van der Waals surface area contributed by atoms with Gasteiger partial charge in [0.1, 0.15) is 6.10 Å². The van der Waals surface area contributed by atoms with E-state index >= 15 is 0 Å². The number of nitrogens with two attached hydrogens (primary N) is 1. The number of benzene rings is 1. The zero-order chi connectivity index (χ0) is 16.7. The van der Waals surface area contributed by atoms with Gasteiger partial charge in [-0.25, -0.2) is 9.59 Å². The summed E-state index contributed by atoms with van der Waals surface area (Å²) in [6.45, 7) is 1.36. The average Bonchev–Trinajstić information content (AvgIpc) is 2.75. The molecule has 1 aliphatic rings. The summed E-state index contributed by atoms with van der Waals surface area (Å²) in [5.41, 5.74) is 6.04. The van der Waals surface area contributed by atoms with Crippen LogP contribution in [0.4, 0.5) is 9.59 Å². The lowest BCUT2D eigenvalue weighted by Crippen LogP contribution is -2.39. The van der Waals surface area contributed by atoms with Gasteiger partial charge in [-0.2, -0.15) is 0 Å². The molecule has 2 unspecified atom stereocenters. The maximum absolute atomic E-state index is 11.3. The monoisotopic (exact) mass is 310 g/mol. The number of primary amides is 1. The van der Waals surface area contributed by atoms with E-state index in [0.29, 0.717) is 6.42 Å². The Hall–Kier alpha value is -2.77. The Kier molecular flexibility index (Phi) is 6.18. The highest BCUT2D eigenvalue weighted by atomic mass is 16.6. The lowest BCUT2D eigenvalue weighted by Gasteiger charge is -2.20. The van der Waals surface area contributed by atoms with Crippen LogP contribution in [0.5, 0.6) is 0 Å². The van der Waals surface area contributed by atoms with E-state index in [1.165, 1.54) is 14.0 Å². The summed E-state index contributed by atoms with van der Waals surface area (Å²) in [6.07, 6.45) is -1.67. The second-order valence-electron chi connectivity index (χ2n) is 4.51. The van der Waals surface area contributed by atoms with Crippen molar-refractivity contribution < 1.29 is 29.0 Å². The van der Waals surface area contributed by atoms with Crippen LogP contribution in [0.3, 0.4) is 0 Å².